The second-order valence-electron chi connectivity index (χ2n) is 6.32. The molecule has 8 nitrogen and oxygen atoms in total. The molecule has 1 atom stereocenters. The molecule has 4 rings (SSSR count). The summed E-state index contributed by atoms with van der Waals surface area (Å²) in [5, 5.41) is 10.7. The van der Waals surface area contributed by atoms with Crippen LogP contribution in [-0.4, -0.2) is 44.1 Å². The largest absolute Gasteiger partial charge is 0.355 e. The molecule has 3 aromatic heterocycles. The fraction of sp³-hybridized carbons (Fsp3) is 0.353. The zero-order chi connectivity index (χ0) is 17.2. The summed E-state index contributed by atoms with van der Waals surface area (Å²) in [6.07, 6.45) is 6.79. The Bertz CT molecular complexity index is 889. The van der Waals surface area contributed by atoms with Crippen molar-refractivity contribution in [1.82, 2.24) is 25.1 Å². The van der Waals surface area contributed by atoms with Crippen molar-refractivity contribution in [3.8, 4) is 0 Å². The summed E-state index contributed by atoms with van der Waals surface area (Å²) in [7, 11) is 0. The summed E-state index contributed by atoms with van der Waals surface area (Å²) in [6, 6.07) is 3.76. The summed E-state index contributed by atoms with van der Waals surface area (Å²) in [6.45, 7) is 3.45. The number of aromatic amines is 1. The van der Waals surface area contributed by atoms with E-state index in [0.29, 0.717) is 18.0 Å². The number of nitrogens with zero attached hydrogens (tertiary/aromatic N) is 5. The van der Waals surface area contributed by atoms with Crippen molar-refractivity contribution in [2.75, 3.05) is 23.3 Å². The normalized spacial score (nSPS) is 17.6. The Balaban J connectivity index is 1.50. The van der Waals surface area contributed by atoms with Crippen LogP contribution in [0.3, 0.4) is 0 Å². The Hall–Kier alpha value is -3.03. The number of anilines is 2. The maximum atomic E-state index is 12.6. The lowest BCUT2D eigenvalue weighted by Gasteiger charge is -2.32. The smallest absolute Gasteiger partial charge is 0.230 e. The van der Waals surface area contributed by atoms with Gasteiger partial charge in [-0.1, -0.05) is 6.07 Å². The molecule has 2 N–H and O–H groups in total. The van der Waals surface area contributed by atoms with Crippen LogP contribution in [0.2, 0.25) is 0 Å². The number of hydrogen-bond donors (Lipinski definition) is 2. The van der Waals surface area contributed by atoms with Gasteiger partial charge in [0.25, 0.3) is 0 Å². The number of carbonyl (C=O) groups is 1. The maximum Gasteiger partial charge on any atom is 0.230 e. The summed E-state index contributed by atoms with van der Waals surface area (Å²) in [5.74, 6) is 1.31. The van der Waals surface area contributed by atoms with Gasteiger partial charge in [-0.2, -0.15) is 5.10 Å². The van der Waals surface area contributed by atoms with Gasteiger partial charge in [-0.15, -0.1) is 0 Å². The molecule has 1 amide bonds. The average molecular weight is 337 g/mol. The first-order valence-corrected chi connectivity index (χ1v) is 8.33. The number of H-pyrrole nitrogens is 1. The topological polar surface area (TPSA) is 99.7 Å². The van der Waals surface area contributed by atoms with Gasteiger partial charge in [0.2, 0.25) is 5.91 Å². The van der Waals surface area contributed by atoms with Crippen molar-refractivity contribution in [2.24, 2.45) is 5.92 Å². The Kier molecular flexibility index (Phi) is 4.01. The third-order valence-electron chi connectivity index (χ3n) is 4.48. The number of aromatic nitrogens is 5. The Morgan fingerprint density at radius 2 is 2.20 bits per heavy atom. The van der Waals surface area contributed by atoms with E-state index in [1.54, 1.807) is 12.4 Å². The lowest BCUT2D eigenvalue weighted by atomic mass is 9.97. The maximum absolute atomic E-state index is 12.6. The Morgan fingerprint density at radius 1 is 1.28 bits per heavy atom. The molecule has 25 heavy (non-hydrogen) atoms. The minimum Gasteiger partial charge on any atom is -0.355 e. The van der Waals surface area contributed by atoms with Crippen LogP contribution in [0.15, 0.2) is 30.9 Å². The molecule has 1 saturated heterocycles. The molecule has 0 bridgehead atoms. The number of carbonyl (C=O) groups excluding carboxylic acids is 1. The van der Waals surface area contributed by atoms with Gasteiger partial charge in [0.15, 0.2) is 5.65 Å². The fourth-order valence-electron chi connectivity index (χ4n) is 3.16. The fourth-order valence-corrected chi connectivity index (χ4v) is 3.16. The molecule has 0 aliphatic carbocycles. The quantitative estimate of drug-likeness (QED) is 0.757. The van der Waals surface area contributed by atoms with Crippen LogP contribution in [0.25, 0.3) is 11.0 Å². The molecule has 3 aromatic rings. The van der Waals surface area contributed by atoms with Gasteiger partial charge in [-0.25, -0.2) is 15.0 Å². The number of piperidine rings is 1. The number of rotatable bonds is 3. The predicted molar refractivity (Wildman–Crippen MR) is 94.2 cm³/mol. The van der Waals surface area contributed by atoms with E-state index in [9.17, 15) is 4.79 Å². The molecule has 4 heterocycles. The number of nitrogens with one attached hydrogen (secondary N) is 2. The third kappa shape index (κ3) is 3.15. The molecule has 128 valence electrons. The molecule has 0 saturated carbocycles. The van der Waals surface area contributed by atoms with Crippen molar-refractivity contribution in [2.45, 2.75) is 19.8 Å². The van der Waals surface area contributed by atoms with E-state index in [-0.39, 0.29) is 11.8 Å². The van der Waals surface area contributed by atoms with E-state index < -0.39 is 0 Å². The minimum atomic E-state index is -0.103. The molecule has 1 aliphatic rings. The highest BCUT2D eigenvalue weighted by atomic mass is 16.2. The van der Waals surface area contributed by atoms with Crippen LogP contribution in [0.5, 0.6) is 0 Å². The molecule has 1 fully saturated rings. The van der Waals surface area contributed by atoms with E-state index in [0.717, 1.165) is 36.2 Å². The molecule has 0 aromatic carbocycles. The van der Waals surface area contributed by atoms with Crippen LogP contribution in [-0.2, 0) is 4.79 Å². The number of amides is 1. The van der Waals surface area contributed by atoms with Gasteiger partial charge in [0.1, 0.15) is 18.0 Å². The van der Waals surface area contributed by atoms with Crippen LogP contribution in [0.4, 0.5) is 11.6 Å². The second kappa shape index (κ2) is 6.46. The predicted octanol–water partition coefficient (Wildman–Crippen LogP) is 1.91. The number of hydrogen-bond acceptors (Lipinski definition) is 6. The Labute approximate surface area is 144 Å². The van der Waals surface area contributed by atoms with Gasteiger partial charge < -0.3 is 10.2 Å². The average Bonchev–Trinajstić information content (AvgIpc) is 3.12. The van der Waals surface area contributed by atoms with Gasteiger partial charge in [0, 0.05) is 19.3 Å². The SMILES string of the molecule is Cc1ccc(NC(=O)C2CCCN(c3ncnc4[nH]ncc34)C2)nc1. The van der Waals surface area contributed by atoms with Crippen LogP contribution in [0.1, 0.15) is 18.4 Å². The van der Waals surface area contributed by atoms with Crippen molar-refractivity contribution < 1.29 is 4.79 Å². The van der Waals surface area contributed by atoms with Crippen molar-refractivity contribution in [3.05, 3.63) is 36.4 Å². The molecule has 0 radical (unpaired) electrons. The van der Waals surface area contributed by atoms with Gasteiger partial charge in [-0.3, -0.25) is 9.89 Å². The molecular weight excluding hydrogens is 318 g/mol. The Morgan fingerprint density at radius 3 is 3.04 bits per heavy atom. The lowest BCUT2D eigenvalue weighted by molar-refractivity contribution is -0.120. The number of fused-ring (bicyclic) bond motifs is 1. The molecule has 1 unspecified atom stereocenters. The van der Waals surface area contributed by atoms with Gasteiger partial charge >= 0.3 is 0 Å². The summed E-state index contributed by atoms with van der Waals surface area (Å²) in [4.78, 5) is 27.6. The number of pyridine rings is 1. The van der Waals surface area contributed by atoms with E-state index >= 15 is 0 Å². The van der Waals surface area contributed by atoms with E-state index in [2.05, 4.69) is 35.4 Å². The monoisotopic (exact) mass is 337 g/mol. The first-order chi connectivity index (χ1) is 12.2. The first-order valence-electron chi connectivity index (χ1n) is 8.33. The summed E-state index contributed by atoms with van der Waals surface area (Å²) in [5.41, 5.74) is 1.77. The van der Waals surface area contributed by atoms with E-state index in [1.807, 2.05) is 19.1 Å². The molecule has 1 aliphatic heterocycles. The lowest BCUT2D eigenvalue weighted by Crippen LogP contribution is -2.41. The molecule has 0 spiro atoms. The highest BCUT2D eigenvalue weighted by Gasteiger charge is 2.28. The van der Waals surface area contributed by atoms with Gasteiger partial charge in [0.05, 0.1) is 17.5 Å². The molecule has 8 heteroatoms. The standard InChI is InChI=1S/C17H19N7O/c1-11-4-5-14(18-7-11)22-17(25)12-3-2-6-24(9-12)16-13-8-21-23-15(13)19-10-20-16/h4-5,7-8,10,12H,2-3,6,9H2,1H3,(H,18,22,25)(H,19,20,21,23). The first kappa shape index (κ1) is 15.5. The van der Waals surface area contributed by atoms with Crippen molar-refractivity contribution in [1.29, 1.82) is 0 Å². The van der Waals surface area contributed by atoms with Crippen LogP contribution < -0.4 is 10.2 Å². The highest BCUT2D eigenvalue weighted by molar-refractivity contribution is 5.92. The van der Waals surface area contributed by atoms with E-state index in [4.69, 9.17) is 0 Å². The highest BCUT2D eigenvalue weighted by Crippen LogP contribution is 2.27. The zero-order valence-electron chi connectivity index (χ0n) is 13.9. The van der Waals surface area contributed by atoms with Gasteiger partial charge in [-0.05, 0) is 31.4 Å². The zero-order valence-corrected chi connectivity index (χ0v) is 13.9. The summed E-state index contributed by atoms with van der Waals surface area (Å²) >= 11 is 0. The van der Waals surface area contributed by atoms with Crippen molar-refractivity contribution >= 4 is 28.6 Å². The molecular formula is C17H19N7O. The minimum absolute atomic E-state index is 0.00135. The third-order valence-corrected chi connectivity index (χ3v) is 4.48. The summed E-state index contributed by atoms with van der Waals surface area (Å²) < 4.78 is 0. The second-order valence-corrected chi connectivity index (χ2v) is 6.32. The van der Waals surface area contributed by atoms with E-state index in [1.165, 1.54) is 6.33 Å². The van der Waals surface area contributed by atoms with Crippen LogP contribution in [0, 0.1) is 12.8 Å². The van der Waals surface area contributed by atoms with Crippen molar-refractivity contribution in [3.63, 3.8) is 0 Å². The van der Waals surface area contributed by atoms with Crippen LogP contribution >= 0.6 is 0 Å². The number of aryl methyl sites for hydroxylation is 1.